The lowest BCUT2D eigenvalue weighted by Gasteiger charge is -2.19. The Bertz CT molecular complexity index is 365. The van der Waals surface area contributed by atoms with Crippen molar-refractivity contribution >= 4 is 5.78 Å². The molecule has 2 heteroatoms. The maximum absolute atomic E-state index is 12.0. The number of fused-ring (bicyclic) bond motifs is 2. The highest BCUT2D eigenvalue weighted by atomic mass is 16.5. The number of hydrogen-bond donors (Lipinski definition) is 0. The van der Waals surface area contributed by atoms with Gasteiger partial charge in [0.25, 0.3) is 0 Å². The number of hydrogen-bond acceptors (Lipinski definition) is 2. The van der Waals surface area contributed by atoms with Gasteiger partial charge in [-0.1, -0.05) is 12.5 Å². The van der Waals surface area contributed by atoms with E-state index in [0.717, 1.165) is 43.4 Å². The van der Waals surface area contributed by atoms with Crippen molar-refractivity contribution in [1.82, 2.24) is 0 Å². The van der Waals surface area contributed by atoms with E-state index < -0.39 is 0 Å². The molecule has 1 heterocycles. The van der Waals surface area contributed by atoms with Gasteiger partial charge in [0.05, 0.1) is 0 Å². The zero-order chi connectivity index (χ0) is 11.0. The molecule has 3 aliphatic rings. The van der Waals surface area contributed by atoms with Gasteiger partial charge in [0.1, 0.15) is 11.9 Å². The summed E-state index contributed by atoms with van der Waals surface area (Å²) in [6.45, 7) is 0. The van der Waals surface area contributed by atoms with Gasteiger partial charge in [-0.05, 0) is 31.8 Å². The van der Waals surface area contributed by atoms with Crippen molar-refractivity contribution in [3.63, 3.8) is 0 Å². The van der Waals surface area contributed by atoms with Crippen molar-refractivity contribution in [2.24, 2.45) is 5.92 Å². The highest BCUT2D eigenvalue weighted by molar-refractivity contribution is 5.97. The van der Waals surface area contributed by atoms with Gasteiger partial charge in [0.15, 0.2) is 5.78 Å². The van der Waals surface area contributed by atoms with Gasteiger partial charge in [0, 0.05) is 24.3 Å². The van der Waals surface area contributed by atoms with Crippen molar-refractivity contribution < 1.29 is 9.53 Å². The molecule has 2 aliphatic carbocycles. The molecule has 0 aromatic heterocycles. The first-order chi connectivity index (χ1) is 7.86. The van der Waals surface area contributed by atoms with E-state index in [9.17, 15) is 4.79 Å². The number of carbonyl (C=O) groups is 1. The zero-order valence-electron chi connectivity index (χ0n) is 9.58. The molecular weight excluding hydrogens is 200 g/mol. The molecule has 0 bridgehead atoms. The number of rotatable bonds is 0. The van der Waals surface area contributed by atoms with Gasteiger partial charge in [-0.3, -0.25) is 4.79 Å². The summed E-state index contributed by atoms with van der Waals surface area (Å²) in [5.74, 6) is 1.72. The van der Waals surface area contributed by atoms with E-state index in [0.29, 0.717) is 11.7 Å². The summed E-state index contributed by atoms with van der Waals surface area (Å²) in [7, 11) is 0. The molecule has 0 fully saturated rings. The van der Waals surface area contributed by atoms with E-state index >= 15 is 0 Å². The van der Waals surface area contributed by atoms with Crippen LogP contribution in [0.15, 0.2) is 23.5 Å². The van der Waals surface area contributed by atoms with Crippen molar-refractivity contribution in [2.75, 3.05) is 0 Å². The summed E-state index contributed by atoms with van der Waals surface area (Å²) >= 11 is 0. The van der Waals surface area contributed by atoms with Crippen LogP contribution in [0, 0.1) is 5.92 Å². The van der Waals surface area contributed by atoms with Crippen LogP contribution in [0.5, 0.6) is 0 Å². The fraction of sp³-hybridized carbons (Fsp3) is 0.643. The van der Waals surface area contributed by atoms with E-state index in [2.05, 4.69) is 12.2 Å². The summed E-state index contributed by atoms with van der Waals surface area (Å²) in [4.78, 5) is 12.0. The average Bonchev–Trinajstić information content (AvgIpc) is 2.57. The highest BCUT2D eigenvalue weighted by Gasteiger charge is 2.39. The molecule has 0 amide bonds. The molecule has 0 N–H and O–H groups in total. The molecule has 16 heavy (non-hydrogen) atoms. The van der Waals surface area contributed by atoms with Crippen LogP contribution in [0.25, 0.3) is 0 Å². The lowest BCUT2D eigenvalue weighted by Crippen LogP contribution is -2.21. The van der Waals surface area contributed by atoms with Crippen LogP contribution in [0.1, 0.15) is 44.9 Å². The molecular formula is C14H18O2. The molecule has 2 unspecified atom stereocenters. The van der Waals surface area contributed by atoms with Gasteiger partial charge in [0.2, 0.25) is 0 Å². The third-order valence-corrected chi connectivity index (χ3v) is 3.92. The van der Waals surface area contributed by atoms with E-state index in [1.54, 1.807) is 0 Å². The highest BCUT2D eigenvalue weighted by Crippen LogP contribution is 2.41. The van der Waals surface area contributed by atoms with Gasteiger partial charge in [-0.15, -0.1) is 0 Å². The SMILES string of the molecule is O=C1CCCC2=C1C1CCCC/C=C\C1O2. The molecule has 0 radical (unpaired) electrons. The molecule has 0 aromatic carbocycles. The number of ether oxygens (including phenoxy) is 1. The first-order valence-electron chi connectivity index (χ1n) is 6.46. The first-order valence-corrected chi connectivity index (χ1v) is 6.46. The Hall–Kier alpha value is -1.05. The Morgan fingerprint density at radius 3 is 3.06 bits per heavy atom. The van der Waals surface area contributed by atoms with Gasteiger partial charge in [-0.2, -0.15) is 0 Å². The minimum Gasteiger partial charge on any atom is -0.490 e. The maximum atomic E-state index is 12.0. The smallest absolute Gasteiger partial charge is 0.162 e. The number of carbonyl (C=O) groups excluding carboxylic acids is 1. The summed E-state index contributed by atoms with van der Waals surface area (Å²) in [6.07, 6.45) is 12.0. The molecule has 0 aromatic rings. The third-order valence-electron chi connectivity index (χ3n) is 3.92. The molecule has 86 valence electrons. The van der Waals surface area contributed by atoms with E-state index in [1.165, 1.54) is 12.8 Å². The van der Waals surface area contributed by atoms with E-state index in [1.807, 2.05) is 0 Å². The molecule has 2 atom stereocenters. The average molecular weight is 218 g/mol. The minimum absolute atomic E-state index is 0.160. The monoisotopic (exact) mass is 218 g/mol. The van der Waals surface area contributed by atoms with E-state index in [-0.39, 0.29) is 6.10 Å². The van der Waals surface area contributed by atoms with Gasteiger partial charge < -0.3 is 4.74 Å². The second-order valence-corrected chi connectivity index (χ2v) is 5.02. The molecule has 3 rings (SSSR count). The van der Waals surface area contributed by atoms with Crippen LogP contribution < -0.4 is 0 Å². The van der Waals surface area contributed by atoms with Crippen molar-refractivity contribution in [1.29, 1.82) is 0 Å². The zero-order valence-corrected chi connectivity index (χ0v) is 9.58. The minimum atomic E-state index is 0.160. The largest absolute Gasteiger partial charge is 0.490 e. The summed E-state index contributed by atoms with van der Waals surface area (Å²) in [6, 6.07) is 0. The first kappa shape index (κ1) is 10.1. The maximum Gasteiger partial charge on any atom is 0.162 e. The lowest BCUT2D eigenvalue weighted by atomic mass is 9.82. The van der Waals surface area contributed by atoms with Crippen LogP contribution in [0.2, 0.25) is 0 Å². The molecule has 0 spiro atoms. The molecule has 2 nitrogen and oxygen atoms in total. The standard InChI is InChI=1S/C14H18O2/c15-11-7-5-9-13-14(11)10-6-3-1-2-4-8-12(10)16-13/h4,8,10,12H,1-3,5-7,9H2/b8-4-. The number of ketones is 1. The Morgan fingerprint density at radius 2 is 2.12 bits per heavy atom. The lowest BCUT2D eigenvalue weighted by molar-refractivity contribution is -0.116. The van der Waals surface area contributed by atoms with Gasteiger partial charge in [-0.25, -0.2) is 0 Å². The second kappa shape index (κ2) is 4.08. The van der Waals surface area contributed by atoms with Crippen molar-refractivity contribution in [2.45, 2.75) is 51.0 Å². The quantitative estimate of drug-likeness (QED) is 0.584. The summed E-state index contributed by atoms with van der Waals surface area (Å²) < 4.78 is 5.95. The fourth-order valence-electron chi connectivity index (χ4n) is 3.12. The van der Waals surface area contributed by atoms with Crippen LogP contribution in [0.3, 0.4) is 0 Å². The molecule has 1 aliphatic heterocycles. The Morgan fingerprint density at radius 1 is 1.19 bits per heavy atom. The second-order valence-electron chi connectivity index (χ2n) is 5.02. The van der Waals surface area contributed by atoms with Gasteiger partial charge >= 0.3 is 0 Å². The predicted molar refractivity (Wildman–Crippen MR) is 61.9 cm³/mol. The Labute approximate surface area is 96.4 Å². The van der Waals surface area contributed by atoms with Crippen LogP contribution in [0.4, 0.5) is 0 Å². The molecule has 0 saturated carbocycles. The van der Waals surface area contributed by atoms with E-state index in [4.69, 9.17) is 4.74 Å². The van der Waals surface area contributed by atoms with Crippen LogP contribution in [-0.2, 0) is 9.53 Å². The Balaban J connectivity index is 1.91. The summed E-state index contributed by atoms with van der Waals surface area (Å²) in [5.41, 5.74) is 1.04. The third kappa shape index (κ3) is 1.60. The van der Waals surface area contributed by atoms with Crippen molar-refractivity contribution in [3.8, 4) is 0 Å². The topological polar surface area (TPSA) is 26.3 Å². The summed E-state index contributed by atoms with van der Waals surface area (Å²) in [5, 5.41) is 0. The molecule has 0 saturated heterocycles. The van der Waals surface area contributed by atoms with Crippen molar-refractivity contribution in [3.05, 3.63) is 23.5 Å². The Kier molecular flexibility index (Phi) is 2.58. The predicted octanol–water partition coefficient (Wildman–Crippen LogP) is 3.14. The normalized spacial score (nSPS) is 35.9. The number of Topliss-reactive ketones (excluding diaryl/α,β-unsaturated/α-hetero) is 1. The fourth-order valence-corrected chi connectivity index (χ4v) is 3.12. The van der Waals surface area contributed by atoms with Crippen LogP contribution >= 0.6 is 0 Å². The number of allylic oxidation sites excluding steroid dienone is 2. The van der Waals surface area contributed by atoms with Crippen LogP contribution in [-0.4, -0.2) is 11.9 Å².